The molecule has 106 valence electrons. The largest absolute Gasteiger partial charge is 0.383 e. The van der Waals surface area contributed by atoms with Crippen molar-refractivity contribution >= 4 is 16.5 Å². The van der Waals surface area contributed by atoms with Crippen molar-refractivity contribution in [2.24, 2.45) is 0 Å². The predicted octanol–water partition coefficient (Wildman–Crippen LogP) is 2.05. The van der Waals surface area contributed by atoms with E-state index in [0.29, 0.717) is 18.7 Å². The Hall–Kier alpha value is -1.66. The van der Waals surface area contributed by atoms with Gasteiger partial charge in [-0.1, -0.05) is 0 Å². The van der Waals surface area contributed by atoms with Crippen LogP contribution in [0.1, 0.15) is 17.7 Å². The highest BCUT2D eigenvalue weighted by Gasteiger charge is 2.16. The van der Waals surface area contributed by atoms with Crippen LogP contribution in [-0.2, 0) is 17.6 Å². The number of aromatic nitrogens is 2. The van der Waals surface area contributed by atoms with E-state index < -0.39 is 0 Å². The first-order chi connectivity index (χ1) is 9.78. The van der Waals surface area contributed by atoms with Gasteiger partial charge in [0.15, 0.2) is 5.13 Å². The van der Waals surface area contributed by atoms with Crippen molar-refractivity contribution in [2.75, 3.05) is 25.6 Å². The molecular formula is C14H17N3O2S. The van der Waals surface area contributed by atoms with Gasteiger partial charge in [-0.15, -0.1) is 11.3 Å². The topological polar surface area (TPSA) is 67.0 Å². The van der Waals surface area contributed by atoms with E-state index in [4.69, 9.17) is 4.74 Å². The molecule has 0 unspecified atom stereocenters. The summed E-state index contributed by atoms with van der Waals surface area (Å²) in [5, 5.41) is 5.91. The van der Waals surface area contributed by atoms with E-state index in [9.17, 15) is 4.79 Å². The maximum atomic E-state index is 12.1. The third-order valence-corrected chi connectivity index (χ3v) is 4.25. The lowest BCUT2D eigenvalue weighted by molar-refractivity contribution is 0.211. The monoisotopic (exact) mass is 291 g/mol. The second-order valence-electron chi connectivity index (χ2n) is 4.83. The fourth-order valence-corrected chi connectivity index (χ4v) is 3.18. The Kier molecular flexibility index (Phi) is 3.84. The van der Waals surface area contributed by atoms with Crippen LogP contribution in [0.2, 0.25) is 0 Å². The molecule has 0 saturated heterocycles. The van der Waals surface area contributed by atoms with Gasteiger partial charge < -0.3 is 15.0 Å². The lowest BCUT2D eigenvalue weighted by Gasteiger charge is -2.02. The van der Waals surface area contributed by atoms with E-state index in [1.54, 1.807) is 7.11 Å². The van der Waals surface area contributed by atoms with Gasteiger partial charge >= 0.3 is 0 Å². The molecule has 1 aliphatic carbocycles. The van der Waals surface area contributed by atoms with E-state index in [0.717, 1.165) is 35.8 Å². The molecule has 0 saturated carbocycles. The average molecular weight is 291 g/mol. The first kappa shape index (κ1) is 13.3. The maximum Gasteiger partial charge on any atom is 0.257 e. The Morgan fingerprint density at radius 2 is 2.40 bits per heavy atom. The molecule has 0 fully saturated rings. The van der Waals surface area contributed by atoms with Gasteiger partial charge in [0, 0.05) is 24.7 Å². The second-order valence-corrected chi connectivity index (χ2v) is 5.69. The van der Waals surface area contributed by atoms with Crippen molar-refractivity contribution in [1.82, 2.24) is 9.97 Å². The zero-order valence-corrected chi connectivity index (χ0v) is 12.2. The summed E-state index contributed by atoms with van der Waals surface area (Å²) in [5.41, 5.74) is 3.71. The molecular weight excluding hydrogens is 274 g/mol. The predicted molar refractivity (Wildman–Crippen MR) is 80.6 cm³/mol. The third kappa shape index (κ3) is 2.62. The third-order valence-electron chi connectivity index (χ3n) is 3.45. The smallest absolute Gasteiger partial charge is 0.257 e. The maximum absolute atomic E-state index is 12.1. The van der Waals surface area contributed by atoms with E-state index in [1.165, 1.54) is 16.9 Å². The van der Waals surface area contributed by atoms with Crippen LogP contribution in [0.25, 0.3) is 11.3 Å². The summed E-state index contributed by atoms with van der Waals surface area (Å²) in [5.74, 6) is 0. The molecule has 0 spiro atoms. The van der Waals surface area contributed by atoms with Gasteiger partial charge in [0.25, 0.3) is 5.56 Å². The van der Waals surface area contributed by atoms with Gasteiger partial charge in [-0.2, -0.15) is 0 Å². The molecule has 6 heteroatoms. The molecule has 0 radical (unpaired) electrons. The van der Waals surface area contributed by atoms with Crippen LogP contribution in [0.4, 0.5) is 5.13 Å². The lowest BCUT2D eigenvalue weighted by Crippen LogP contribution is -2.12. The van der Waals surface area contributed by atoms with Crippen LogP contribution < -0.4 is 10.9 Å². The van der Waals surface area contributed by atoms with Crippen LogP contribution >= 0.6 is 11.3 Å². The van der Waals surface area contributed by atoms with E-state index in [1.807, 2.05) is 11.4 Å². The van der Waals surface area contributed by atoms with Gasteiger partial charge in [0.05, 0.1) is 17.9 Å². The first-order valence-electron chi connectivity index (χ1n) is 6.71. The summed E-state index contributed by atoms with van der Waals surface area (Å²) in [6.07, 6.45) is 3.14. The number of anilines is 1. The van der Waals surface area contributed by atoms with Crippen molar-refractivity contribution in [3.05, 3.63) is 33.1 Å². The molecule has 2 N–H and O–H groups in total. The Morgan fingerprint density at radius 1 is 1.50 bits per heavy atom. The molecule has 2 aromatic rings. The lowest BCUT2D eigenvalue weighted by atomic mass is 10.1. The van der Waals surface area contributed by atoms with E-state index >= 15 is 0 Å². The number of thiazole rings is 1. The van der Waals surface area contributed by atoms with Gasteiger partial charge in [-0.25, -0.2) is 4.98 Å². The quantitative estimate of drug-likeness (QED) is 0.827. The number of aryl methyl sites for hydroxylation is 2. The van der Waals surface area contributed by atoms with Crippen molar-refractivity contribution < 1.29 is 4.74 Å². The molecule has 2 aromatic heterocycles. The minimum Gasteiger partial charge on any atom is -0.383 e. The first-order valence-corrected chi connectivity index (χ1v) is 7.59. The van der Waals surface area contributed by atoms with Crippen LogP contribution in [0.5, 0.6) is 0 Å². The minimum absolute atomic E-state index is 0.0422. The van der Waals surface area contributed by atoms with Crippen molar-refractivity contribution in [1.29, 1.82) is 0 Å². The fraction of sp³-hybridized carbons (Fsp3) is 0.429. The number of pyridine rings is 1. The van der Waals surface area contributed by atoms with Crippen LogP contribution in [0, 0.1) is 0 Å². The zero-order valence-electron chi connectivity index (χ0n) is 11.4. The number of nitrogens with zero attached hydrogens (tertiary/aromatic N) is 1. The summed E-state index contributed by atoms with van der Waals surface area (Å²) in [6.45, 7) is 1.35. The highest BCUT2D eigenvalue weighted by Crippen LogP contribution is 2.26. The number of rotatable bonds is 5. The Morgan fingerprint density at radius 3 is 3.25 bits per heavy atom. The summed E-state index contributed by atoms with van der Waals surface area (Å²) in [6, 6.07) is 2.00. The second kappa shape index (κ2) is 5.76. The molecule has 5 nitrogen and oxygen atoms in total. The number of ether oxygens (including phenoxy) is 1. The van der Waals surface area contributed by atoms with Crippen molar-refractivity contribution in [2.45, 2.75) is 19.3 Å². The molecule has 0 amide bonds. The van der Waals surface area contributed by atoms with Crippen LogP contribution in [0.3, 0.4) is 0 Å². The zero-order chi connectivity index (χ0) is 13.9. The Balaban J connectivity index is 1.84. The number of aromatic amines is 1. The summed E-state index contributed by atoms with van der Waals surface area (Å²) in [7, 11) is 1.67. The highest BCUT2D eigenvalue weighted by molar-refractivity contribution is 7.14. The van der Waals surface area contributed by atoms with Crippen LogP contribution in [-0.4, -0.2) is 30.2 Å². The fourth-order valence-electron chi connectivity index (χ4n) is 2.44. The summed E-state index contributed by atoms with van der Waals surface area (Å²) < 4.78 is 4.98. The molecule has 20 heavy (non-hydrogen) atoms. The number of hydrogen-bond donors (Lipinski definition) is 2. The molecule has 3 rings (SSSR count). The highest BCUT2D eigenvalue weighted by atomic mass is 32.1. The number of fused-ring (bicyclic) bond motifs is 1. The number of H-pyrrole nitrogens is 1. The van der Waals surface area contributed by atoms with Gasteiger partial charge in [0.2, 0.25) is 0 Å². The molecule has 0 aromatic carbocycles. The van der Waals surface area contributed by atoms with E-state index in [2.05, 4.69) is 15.3 Å². The SMILES string of the molecule is COCCNc1nc(-c2cc3c([nH]c2=O)CCC3)cs1. The number of hydrogen-bond acceptors (Lipinski definition) is 5. The van der Waals surface area contributed by atoms with Crippen molar-refractivity contribution in [3.8, 4) is 11.3 Å². The van der Waals surface area contributed by atoms with Crippen molar-refractivity contribution in [3.63, 3.8) is 0 Å². The normalized spacial score (nSPS) is 13.4. The average Bonchev–Trinajstić information content (AvgIpc) is 3.06. The molecule has 1 aliphatic rings. The van der Waals surface area contributed by atoms with Crippen LogP contribution in [0.15, 0.2) is 16.2 Å². The summed E-state index contributed by atoms with van der Waals surface area (Å²) in [4.78, 5) is 19.6. The standard InChI is InChI=1S/C14H17N3O2S/c1-19-6-5-15-14-17-12(8-20-14)10-7-9-3-2-4-11(9)16-13(10)18/h7-8H,2-6H2,1H3,(H,15,17)(H,16,18). The molecule has 0 atom stereocenters. The summed E-state index contributed by atoms with van der Waals surface area (Å²) >= 11 is 1.51. The van der Waals surface area contributed by atoms with E-state index in [-0.39, 0.29) is 5.56 Å². The molecule has 0 aliphatic heterocycles. The Bertz CT molecular complexity index is 663. The Labute approximate surface area is 121 Å². The number of methoxy groups -OCH3 is 1. The van der Waals surface area contributed by atoms with Gasteiger partial charge in [-0.05, 0) is 30.9 Å². The minimum atomic E-state index is -0.0422. The van der Waals surface area contributed by atoms with Gasteiger partial charge in [-0.3, -0.25) is 4.79 Å². The van der Waals surface area contributed by atoms with Gasteiger partial charge in [0.1, 0.15) is 0 Å². The molecule has 0 bridgehead atoms. The number of nitrogens with one attached hydrogen (secondary N) is 2. The molecule has 2 heterocycles.